The van der Waals surface area contributed by atoms with Crippen molar-refractivity contribution in [3.8, 4) is 5.75 Å². The topological polar surface area (TPSA) is 41.6 Å². The molecule has 2 rings (SSSR count). The molecule has 0 bridgehead atoms. The number of hydrogen-bond acceptors (Lipinski definition) is 3. The van der Waals surface area contributed by atoms with E-state index in [1.54, 1.807) is 0 Å². The van der Waals surface area contributed by atoms with Gasteiger partial charge < -0.3 is 15.0 Å². The molecule has 0 aliphatic carbocycles. The van der Waals surface area contributed by atoms with E-state index in [4.69, 9.17) is 4.74 Å². The average Bonchev–Trinajstić information content (AvgIpc) is 2.52. The Labute approximate surface area is 133 Å². The molecule has 122 valence electrons. The molecule has 1 amide bonds. The second-order valence-electron chi connectivity index (χ2n) is 6.20. The van der Waals surface area contributed by atoms with Gasteiger partial charge in [0.25, 0.3) is 0 Å². The van der Waals surface area contributed by atoms with Crippen molar-refractivity contribution in [2.24, 2.45) is 5.92 Å². The second kappa shape index (κ2) is 8.18. The van der Waals surface area contributed by atoms with Gasteiger partial charge in [0.2, 0.25) is 5.91 Å². The van der Waals surface area contributed by atoms with E-state index in [2.05, 4.69) is 25.2 Å². The highest BCUT2D eigenvalue weighted by Crippen LogP contribution is 2.21. The number of likely N-dealkylation sites (tertiary alicyclic amines) is 1. The fourth-order valence-corrected chi connectivity index (χ4v) is 3.03. The molecule has 0 aromatic heterocycles. The predicted octanol–water partition coefficient (Wildman–Crippen LogP) is 2.53. The van der Waals surface area contributed by atoms with Crippen LogP contribution in [0.3, 0.4) is 0 Å². The standard InChI is InChI=1S/C18H28N2O2/c1-14-6-4-8-17(15(14)2)22-11-9-18(21)20-10-5-7-16(13-20)12-19-3/h4,6,8,16,19H,5,7,9-13H2,1-3H3/t16-/m0/s1. The first-order valence-electron chi connectivity index (χ1n) is 8.23. The summed E-state index contributed by atoms with van der Waals surface area (Å²) in [5.74, 6) is 1.69. The zero-order valence-corrected chi connectivity index (χ0v) is 14.0. The number of carbonyl (C=O) groups is 1. The van der Waals surface area contributed by atoms with Crippen LogP contribution in [-0.4, -0.2) is 44.1 Å². The fraction of sp³-hybridized carbons (Fsp3) is 0.611. The first kappa shape index (κ1) is 16.8. The number of ether oxygens (including phenoxy) is 1. The van der Waals surface area contributed by atoms with Gasteiger partial charge in [-0.25, -0.2) is 0 Å². The lowest BCUT2D eigenvalue weighted by molar-refractivity contribution is -0.133. The van der Waals surface area contributed by atoms with Gasteiger partial charge in [0, 0.05) is 13.1 Å². The maximum Gasteiger partial charge on any atom is 0.226 e. The van der Waals surface area contributed by atoms with E-state index in [9.17, 15) is 4.79 Å². The Morgan fingerprint density at radius 1 is 1.41 bits per heavy atom. The third-order valence-corrected chi connectivity index (χ3v) is 4.49. The SMILES string of the molecule is CNC[C@@H]1CCCN(C(=O)CCOc2cccc(C)c2C)C1. The first-order valence-corrected chi connectivity index (χ1v) is 8.23. The molecule has 1 heterocycles. The van der Waals surface area contributed by atoms with Crippen LogP contribution in [-0.2, 0) is 4.79 Å². The molecule has 0 saturated carbocycles. The van der Waals surface area contributed by atoms with E-state index in [-0.39, 0.29) is 5.91 Å². The quantitative estimate of drug-likeness (QED) is 0.878. The van der Waals surface area contributed by atoms with Crippen LogP contribution in [0.1, 0.15) is 30.4 Å². The number of hydrogen-bond donors (Lipinski definition) is 1. The fourth-order valence-electron chi connectivity index (χ4n) is 3.03. The van der Waals surface area contributed by atoms with E-state index < -0.39 is 0 Å². The van der Waals surface area contributed by atoms with Gasteiger partial charge in [-0.2, -0.15) is 0 Å². The van der Waals surface area contributed by atoms with Gasteiger partial charge in [-0.15, -0.1) is 0 Å². The number of piperidine rings is 1. The first-order chi connectivity index (χ1) is 10.6. The summed E-state index contributed by atoms with van der Waals surface area (Å²) in [6.45, 7) is 7.34. The van der Waals surface area contributed by atoms with Crippen LogP contribution < -0.4 is 10.1 Å². The summed E-state index contributed by atoms with van der Waals surface area (Å²) in [6.07, 6.45) is 2.78. The Hall–Kier alpha value is -1.55. The van der Waals surface area contributed by atoms with Crippen molar-refractivity contribution < 1.29 is 9.53 Å². The van der Waals surface area contributed by atoms with Gasteiger partial charge in [-0.1, -0.05) is 12.1 Å². The molecule has 1 fully saturated rings. The van der Waals surface area contributed by atoms with Gasteiger partial charge in [0.15, 0.2) is 0 Å². The Bertz CT molecular complexity index is 500. The molecule has 1 atom stereocenters. The summed E-state index contributed by atoms with van der Waals surface area (Å²) in [5.41, 5.74) is 2.37. The van der Waals surface area contributed by atoms with Gasteiger partial charge in [0.1, 0.15) is 5.75 Å². The van der Waals surface area contributed by atoms with Crippen molar-refractivity contribution in [1.29, 1.82) is 0 Å². The Balaban J connectivity index is 1.79. The predicted molar refractivity (Wildman–Crippen MR) is 89.3 cm³/mol. The lowest BCUT2D eigenvalue weighted by atomic mass is 9.98. The van der Waals surface area contributed by atoms with Crippen LogP contribution in [0.2, 0.25) is 0 Å². The highest BCUT2D eigenvalue weighted by atomic mass is 16.5. The van der Waals surface area contributed by atoms with E-state index in [0.717, 1.165) is 37.4 Å². The van der Waals surface area contributed by atoms with E-state index in [1.807, 2.05) is 24.1 Å². The number of nitrogens with zero attached hydrogens (tertiary/aromatic N) is 1. The normalized spacial score (nSPS) is 18.3. The van der Waals surface area contributed by atoms with Crippen molar-refractivity contribution in [3.05, 3.63) is 29.3 Å². The van der Waals surface area contributed by atoms with Gasteiger partial charge in [-0.3, -0.25) is 4.79 Å². The molecular formula is C18H28N2O2. The lowest BCUT2D eigenvalue weighted by Gasteiger charge is -2.32. The average molecular weight is 304 g/mol. The highest BCUT2D eigenvalue weighted by molar-refractivity contribution is 5.76. The summed E-state index contributed by atoms with van der Waals surface area (Å²) in [5, 5.41) is 3.21. The minimum atomic E-state index is 0.214. The zero-order chi connectivity index (χ0) is 15.9. The molecule has 4 heteroatoms. The molecule has 1 aliphatic rings. The smallest absolute Gasteiger partial charge is 0.226 e. The molecule has 1 aromatic carbocycles. The lowest BCUT2D eigenvalue weighted by Crippen LogP contribution is -2.42. The van der Waals surface area contributed by atoms with Crippen molar-refractivity contribution in [2.75, 3.05) is 33.3 Å². The minimum Gasteiger partial charge on any atom is -0.493 e. The molecule has 1 aromatic rings. The molecule has 1 saturated heterocycles. The number of amides is 1. The van der Waals surface area contributed by atoms with E-state index in [0.29, 0.717) is 18.9 Å². The maximum absolute atomic E-state index is 12.3. The number of rotatable bonds is 6. The Morgan fingerprint density at radius 3 is 3.00 bits per heavy atom. The number of benzene rings is 1. The van der Waals surface area contributed by atoms with Crippen LogP contribution in [0, 0.1) is 19.8 Å². The Kier molecular flexibility index (Phi) is 6.25. The second-order valence-corrected chi connectivity index (χ2v) is 6.20. The third kappa shape index (κ3) is 4.47. The Morgan fingerprint density at radius 2 is 2.23 bits per heavy atom. The summed E-state index contributed by atoms with van der Waals surface area (Å²) in [7, 11) is 1.97. The largest absolute Gasteiger partial charge is 0.493 e. The highest BCUT2D eigenvalue weighted by Gasteiger charge is 2.22. The molecule has 22 heavy (non-hydrogen) atoms. The van der Waals surface area contributed by atoms with E-state index in [1.165, 1.54) is 12.0 Å². The summed E-state index contributed by atoms with van der Waals surface area (Å²) >= 11 is 0. The summed E-state index contributed by atoms with van der Waals surface area (Å²) in [4.78, 5) is 14.3. The van der Waals surface area contributed by atoms with Gasteiger partial charge in [0.05, 0.1) is 13.0 Å². The van der Waals surface area contributed by atoms with Crippen molar-refractivity contribution in [1.82, 2.24) is 10.2 Å². The summed E-state index contributed by atoms with van der Waals surface area (Å²) in [6, 6.07) is 6.03. The molecule has 1 aliphatic heterocycles. The third-order valence-electron chi connectivity index (χ3n) is 4.49. The molecule has 0 radical (unpaired) electrons. The maximum atomic E-state index is 12.3. The molecule has 0 spiro atoms. The number of carbonyl (C=O) groups excluding carboxylic acids is 1. The molecule has 4 nitrogen and oxygen atoms in total. The molecule has 0 unspecified atom stereocenters. The van der Waals surface area contributed by atoms with Crippen molar-refractivity contribution in [3.63, 3.8) is 0 Å². The van der Waals surface area contributed by atoms with Crippen LogP contribution in [0.4, 0.5) is 0 Å². The van der Waals surface area contributed by atoms with Gasteiger partial charge >= 0.3 is 0 Å². The number of nitrogens with one attached hydrogen (secondary N) is 1. The van der Waals surface area contributed by atoms with Crippen LogP contribution in [0.15, 0.2) is 18.2 Å². The zero-order valence-electron chi connectivity index (χ0n) is 14.0. The van der Waals surface area contributed by atoms with Crippen LogP contribution >= 0.6 is 0 Å². The van der Waals surface area contributed by atoms with E-state index >= 15 is 0 Å². The van der Waals surface area contributed by atoms with Crippen LogP contribution in [0.5, 0.6) is 5.75 Å². The molecule has 1 N–H and O–H groups in total. The van der Waals surface area contributed by atoms with Crippen molar-refractivity contribution >= 4 is 5.91 Å². The van der Waals surface area contributed by atoms with Gasteiger partial charge in [-0.05, 0) is 63.4 Å². The minimum absolute atomic E-state index is 0.214. The van der Waals surface area contributed by atoms with Crippen molar-refractivity contribution in [2.45, 2.75) is 33.1 Å². The molecular weight excluding hydrogens is 276 g/mol. The monoisotopic (exact) mass is 304 g/mol. The van der Waals surface area contributed by atoms with Crippen LogP contribution in [0.25, 0.3) is 0 Å². The number of aryl methyl sites for hydroxylation is 1. The summed E-state index contributed by atoms with van der Waals surface area (Å²) < 4.78 is 5.79.